The lowest BCUT2D eigenvalue weighted by Gasteiger charge is -2.29. The molecule has 104 valence electrons. The summed E-state index contributed by atoms with van der Waals surface area (Å²) in [5, 5.41) is 7.92. The van der Waals surface area contributed by atoms with Crippen molar-refractivity contribution in [3.05, 3.63) is 29.7 Å². The van der Waals surface area contributed by atoms with Gasteiger partial charge in [-0.25, -0.2) is 9.50 Å². The average molecular weight is 260 g/mol. The van der Waals surface area contributed by atoms with E-state index in [1.54, 1.807) is 6.33 Å². The molecule has 2 heterocycles. The molecule has 2 aromatic heterocycles. The van der Waals surface area contributed by atoms with Crippen molar-refractivity contribution >= 4 is 5.65 Å². The number of aromatic nitrogens is 3. The summed E-state index contributed by atoms with van der Waals surface area (Å²) < 4.78 is 1.98. The van der Waals surface area contributed by atoms with Crippen molar-refractivity contribution in [1.82, 2.24) is 19.9 Å². The molecule has 0 saturated carbocycles. The average Bonchev–Trinajstić information content (AvgIpc) is 2.76. The van der Waals surface area contributed by atoms with Gasteiger partial charge in [-0.05, 0) is 44.0 Å². The van der Waals surface area contributed by atoms with Gasteiger partial charge in [-0.2, -0.15) is 5.10 Å². The molecule has 19 heavy (non-hydrogen) atoms. The van der Waals surface area contributed by atoms with Crippen molar-refractivity contribution in [3.8, 4) is 0 Å². The second-order valence-electron chi connectivity index (χ2n) is 5.60. The van der Waals surface area contributed by atoms with Crippen LogP contribution < -0.4 is 5.32 Å². The van der Waals surface area contributed by atoms with Crippen LogP contribution in [-0.2, 0) is 0 Å². The van der Waals surface area contributed by atoms with Crippen LogP contribution in [0.25, 0.3) is 5.65 Å². The first-order valence-electron chi connectivity index (χ1n) is 7.08. The van der Waals surface area contributed by atoms with Crippen molar-refractivity contribution < 1.29 is 0 Å². The molecular formula is C15H24N4. The molecule has 2 rings (SSSR count). The Kier molecular flexibility index (Phi) is 4.20. The van der Waals surface area contributed by atoms with Gasteiger partial charge >= 0.3 is 0 Å². The van der Waals surface area contributed by atoms with Crippen LogP contribution in [0.1, 0.15) is 44.9 Å². The summed E-state index contributed by atoms with van der Waals surface area (Å²) >= 11 is 0. The summed E-state index contributed by atoms with van der Waals surface area (Å²) in [5.41, 5.74) is 3.42. The zero-order chi connectivity index (χ0) is 14.0. The Morgan fingerprint density at radius 2 is 2.00 bits per heavy atom. The van der Waals surface area contributed by atoms with E-state index in [0.717, 1.165) is 12.2 Å². The fourth-order valence-electron chi connectivity index (χ4n) is 2.95. The Morgan fingerprint density at radius 3 is 2.63 bits per heavy atom. The summed E-state index contributed by atoms with van der Waals surface area (Å²) in [6.45, 7) is 12.0. The molecule has 0 radical (unpaired) electrons. The lowest BCUT2D eigenvalue weighted by atomic mass is 9.85. The van der Waals surface area contributed by atoms with Gasteiger partial charge in [-0.1, -0.05) is 20.8 Å². The van der Waals surface area contributed by atoms with Crippen LogP contribution in [0.5, 0.6) is 0 Å². The maximum Gasteiger partial charge on any atom is 0.155 e. The van der Waals surface area contributed by atoms with Gasteiger partial charge in [0.05, 0.1) is 0 Å². The molecule has 0 amide bonds. The van der Waals surface area contributed by atoms with Crippen molar-refractivity contribution in [1.29, 1.82) is 0 Å². The van der Waals surface area contributed by atoms with Crippen LogP contribution in [0.2, 0.25) is 0 Å². The number of hydrogen-bond donors (Lipinski definition) is 1. The molecule has 4 nitrogen and oxygen atoms in total. The number of likely N-dealkylation sites (N-methyl/N-ethyl adjacent to an activating group) is 1. The highest BCUT2D eigenvalue weighted by molar-refractivity contribution is 5.42. The number of nitrogens with one attached hydrogen (secondary N) is 1. The highest BCUT2D eigenvalue weighted by Crippen LogP contribution is 2.28. The Morgan fingerprint density at radius 1 is 1.26 bits per heavy atom. The third kappa shape index (κ3) is 2.78. The minimum atomic E-state index is 0.416. The number of pyridine rings is 1. The predicted octanol–water partition coefficient (Wildman–Crippen LogP) is 2.78. The van der Waals surface area contributed by atoms with Crippen LogP contribution in [0, 0.1) is 12.8 Å². The molecule has 2 unspecified atom stereocenters. The molecule has 0 aliphatic rings. The predicted molar refractivity (Wildman–Crippen MR) is 78.4 cm³/mol. The summed E-state index contributed by atoms with van der Waals surface area (Å²) in [7, 11) is 0. The zero-order valence-electron chi connectivity index (χ0n) is 12.5. The molecule has 0 aliphatic heterocycles. The normalized spacial score (nSPS) is 15.1. The van der Waals surface area contributed by atoms with Crippen molar-refractivity contribution in [2.24, 2.45) is 5.92 Å². The van der Waals surface area contributed by atoms with Gasteiger partial charge in [0.15, 0.2) is 5.65 Å². The van der Waals surface area contributed by atoms with Gasteiger partial charge in [0.2, 0.25) is 0 Å². The fraction of sp³-hybridized carbons (Fsp3) is 0.600. The first-order chi connectivity index (χ1) is 9.04. The van der Waals surface area contributed by atoms with Crippen LogP contribution in [0.4, 0.5) is 0 Å². The number of hydrogen-bond acceptors (Lipinski definition) is 3. The van der Waals surface area contributed by atoms with E-state index < -0.39 is 0 Å². The SMILES string of the molecule is CCNC(C)C(c1cc(C)cc2ncnn12)C(C)C. The quantitative estimate of drug-likeness (QED) is 0.899. The van der Waals surface area contributed by atoms with E-state index in [-0.39, 0.29) is 0 Å². The third-order valence-corrected chi connectivity index (χ3v) is 3.68. The maximum atomic E-state index is 4.38. The second kappa shape index (κ2) is 5.70. The highest BCUT2D eigenvalue weighted by atomic mass is 15.3. The van der Waals surface area contributed by atoms with Crippen LogP contribution >= 0.6 is 0 Å². The monoisotopic (exact) mass is 260 g/mol. The fourth-order valence-corrected chi connectivity index (χ4v) is 2.95. The van der Waals surface area contributed by atoms with Crippen molar-refractivity contribution in [2.75, 3.05) is 6.54 Å². The minimum Gasteiger partial charge on any atom is -0.314 e. The maximum absolute atomic E-state index is 4.38. The van der Waals surface area contributed by atoms with Gasteiger partial charge in [0, 0.05) is 17.7 Å². The molecule has 0 aromatic carbocycles. The molecule has 0 spiro atoms. The zero-order valence-corrected chi connectivity index (χ0v) is 12.5. The number of nitrogens with zero attached hydrogens (tertiary/aromatic N) is 3. The third-order valence-electron chi connectivity index (χ3n) is 3.68. The molecule has 1 N–H and O–H groups in total. The Labute approximate surface area is 115 Å². The highest BCUT2D eigenvalue weighted by Gasteiger charge is 2.25. The number of aryl methyl sites for hydroxylation is 1. The summed E-state index contributed by atoms with van der Waals surface area (Å²) in [6, 6.07) is 4.73. The Bertz CT molecular complexity index is 544. The van der Waals surface area contributed by atoms with Crippen LogP contribution in [0.3, 0.4) is 0 Å². The molecular weight excluding hydrogens is 236 g/mol. The van der Waals surface area contributed by atoms with Crippen LogP contribution in [0.15, 0.2) is 18.5 Å². The van der Waals surface area contributed by atoms with Gasteiger partial charge in [-0.15, -0.1) is 0 Å². The van der Waals surface area contributed by atoms with Gasteiger partial charge in [0.25, 0.3) is 0 Å². The van der Waals surface area contributed by atoms with E-state index in [4.69, 9.17) is 0 Å². The van der Waals surface area contributed by atoms with Crippen molar-refractivity contribution in [3.63, 3.8) is 0 Å². The molecule has 2 aromatic rings. The van der Waals surface area contributed by atoms with Gasteiger partial charge < -0.3 is 5.32 Å². The Hall–Kier alpha value is -1.42. The van der Waals surface area contributed by atoms with E-state index in [1.165, 1.54) is 11.3 Å². The lowest BCUT2D eigenvalue weighted by Crippen LogP contribution is -2.35. The molecule has 0 aliphatic carbocycles. The summed E-state index contributed by atoms with van der Waals surface area (Å²) in [4.78, 5) is 4.32. The molecule has 0 saturated heterocycles. The van der Waals surface area contributed by atoms with E-state index in [0.29, 0.717) is 17.9 Å². The first-order valence-corrected chi connectivity index (χ1v) is 7.08. The van der Waals surface area contributed by atoms with E-state index in [2.05, 4.69) is 62.2 Å². The molecule has 0 fully saturated rings. The van der Waals surface area contributed by atoms with Gasteiger partial charge in [-0.3, -0.25) is 0 Å². The molecule has 2 atom stereocenters. The lowest BCUT2D eigenvalue weighted by molar-refractivity contribution is 0.371. The first kappa shape index (κ1) is 14.0. The second-order valence-corrected chi connectivity index (χ2v) is 5.60. The Balaban J connectivity index is 2.52. The van der Waals surface area contributed by atoms with E-state index in [1.807, 2.05) is 4.52 Å². The minimum absolute atomic E-state index is 0.416. The van der Waals surface area contributed by atoms with E-state index >= 15 is 0 Å². The molecule has 0 bridgehead atoms. The standard InChI is InChI=1S/C15H24N4/c1-6-16-12(5)15(10(2)3)13-7-11(4)8-14-17-9-18-19(13)14/h7-10,12,15-16H,6H2,1-5H3. The van der Waals surface area contributed by atoms with Gasteiger partial charge in [0.1, 0.15) is 6.33 Å². The topological polar surface area (TPSA) is 42.2 Å². The van der Waals surface area contributed by atoms with Crippen molar-refractivity contribution in [2.45, 2.75) is 46.6 Å². The smallest absolute Gasteiger partial charge is 0.155 e. The summed E-state index contributed by atoms with van der Waals surface area (Å²) in [6.07, 6.45) is 1.63. The number of fused-ring (bicyclic) bond motifs is 1. The summed E-state index contributed by atoms with van der Waals surface area (Å²) in [5.74, 6) is 0.965. The van der Waals surface area contributed by atoms with Crippen LogP contribution in [-0.4, -0.2) is 27.2 Å². The van der Waals surface area contributed by atoms with E-state index in [9.17, 15) is 0 Å². The molecule has 4 heteroatoms. The largest absolute Gasteiger partial charge is 0.314 e. The number of rotatable bonds is 5.